The van der Waals surface area contributed by atoms with Gasteiger partial charge in [-0.25, -0.2) is 8.78 Å². The van der Waals surface area contributed by atoms with Crippen LogP contribution in [-0.4, -0.2) is 11.5 Å². The first-order valence-corrected chi connectivity index (χ1v) is 4.93. The van der Waals surface area contributed by atoms with Crippen LogP contribution in [0.4, 0.5) is 8.78 Å². The molecule has 5 heteroatoms. The van der Waals surface area contributed by atoms with E-state index in [2.05, 4.69) is 10.2 Å². The fraction of sp³-hybridized carbons (Fsp3) is 0.273. The van der Waals surface area contributed by atoms with Gasteiger partial charge in [0.2, 0.25) is 0 Å². The number of amidine groups is 1. The molecule has 0 aromatic heterocycles. The summed E-state index contributed by atoms with van der Waals surface area (Å²) >= 11 is 0. The molecular formula is C11H11F2N3. The fourth-order valence-electron chi connectivity index (χ4n) is 1.53. The number of hydrogen-bond donors (Lipinski definition) is 1. The average Bonchev–Trinajstić information content (AvgIpc) is 2.26. The van der Waals surface area contributed by atoms with Gasteiger partial charge in [0.25, 0.3) is 0 Å². The quantitative estimate of drug-likeness (QED) is 0.778. The molecule has 0 fully saturated rings. The summed E-state index contributed by atoms with van der Waals surface area (Å²) in [5.74, 6) is -0.576. The van der Waals surface area contributed by atoms with Gasteiger partial charge >= 0.3 is 0 Å². The summed E-state index contributed by atoms with van der Waals surface area (Å²) in [6.07, 6.45) is 0.468. The van der Waals surface area contributed by atoms with Crippen molar-refractivity contribution in [2.24, 2.45) is 21.9 Å². The Balaban J connectivity index is 2.42. The predicted molar refractivity (Wildman–Crippen MR) is 58.3 cm³/mol. The van der Waals surface area contributed by atoms with Gasteiger partial charge in [-0.1, -0.05) is 6.92 Å². The maximum Gasteiger partial charge on any atom is 0.132 e. The van der Waals surface area contributed by atoms with E-state index < -0.39 is 11.6 Å². The molecule has 0 saturated heterocycles. The van der Waals surface area contributed by atoms with E-state index in [9.17, 15) is 8.78 Å². The van der Waals surface area contributed by atoms with Gasteiger partial charge in [-0.15, -0.1) is 5.10 Å². The second-order valence-electron chi connectivity index (χ2n) is 3.80. The van der Waals surface area contributed by atoms with E-state index in [-0.39, 0.29) is 11.5 Å². The number of hydrogen-bond acceptors (Lipinski definition) is 3. The van der Waals surface area contributed by atoms with E-state index in [0.717, 1.165) is 18.2 Å². The Bertz CT molecular complexity index is 480. The molecule has 0 amide bonds. The Hall–Kier alpha value is -1.78. The smallest absolute Gasteiger partial charge is 0.132 e. The molecule has 1 aliphatic rings. The Morgan fingerprint density at radius 3 is 2.75 bits per heavy atom. The fourth-order valence-corrected chi connectivity index (χ4v) is 1.53. The Labute approximate surface area is 91.7 Å². The van der Waals surface area contributed by atoms with E-state index in [1.165, 1.54) is 0 Å². The van der Waals surface area contributed by atoms with Crippen LogP contribution in [0, 0.1) is 17.6 Å². The third kappa shape index (κ3) is 1.93. The molecule has 2 rings (SSSR count). The van der Waals surface area contributed by atoms with Gasteiger partial charge in [-0.3, -0.25) is 0 Å². The van der Waals surface area contributed by atoms with Crippen LogP contribution in [0.3, 0.4) is 0 Å². The number of benzene rings is 1. The number of nitrogens with two attached hydrogens (primary N) is 1. The van der Waals surface area contributed by atoms with Crippen LogP contribution in [0.2, 0.25) is 0 Å². The summed E-state index contributed by atoms with van der Waals surface area (Å²) in [6, 6.07) is 3.28. The van der Waals surface area contributed by atoms with Gasteiger partial charge in [-0.05, 0) is 18.2 Å². The summed E-state index contributed by atoms with van der Waals surface area (Å²) in [4.78, 5) is 0. The lowest BCUT2D eigenvalue weighted by atomic mass is 9.97. The highest BCUT2D eigenvalue weighted by Crippen LogP contribution is 2.19. The minimum atomic E-state index is -0.497. The third-order valence-electron chi connectivity index (χ3n) is 2.53. The van der Waals surface area contributed by atoms with Crippen LogP contribution in [0.1, 0.15) is 18.9 Å². The van der Waals surface area contributed by atoms with E-state index in [4.69, 9.17) is 5.73 Å². The molecular weight excluding hydrogens is 212 g/mol. The maximum absolute atomic E-state index is 13.5. The van der Waals surface area contributed by atoms with Crippen molar-refractivity contribution >= 4 is 11.5 Å². The Morgan fingerprint density at radius 1 is 1.31 bits per heavy atom. The molecule has 0 saturated carbocycles. The van der Waals surface area contributed by atoms with Gasteiger partial charge in [0, 0.05) is 17.9 Å². The van der Waals surface area contributed by atoms with E-state index in [1.54, 1.807) is 0 Å². The highest BCUT2D eigenvalue weighted by atomic mass is 19.1. The summed E-state index contributed by atoms with van der Waals surface area (Å²) in [5.41, 5.74) is 6.15. The second kappa shape index (κ2) is 4.00. The zero-order valence-corrected chi connectivity index (χ0v) is 8.74. The van der Waals surface area contributed by atoms with E-state index in [0.29, 0.717) is 18.0 Å². The summed E-state index contributed by atoms with van der Waals surface area (Å²) in [6.45, 7) is 1.87. The maximum atomic E-state index is 13.5. The molecule has 2 N–H and O–H groups in total. The molecule has 1 aromatic carbocycles. The molecule has 0 spiro atoms. The minimum absolute atomic E-state index is 0.00447. The monoisotopic (exact) mass is 223 g/mol. The molecule has 1 heterocycles. The van der Waals surface area contributed by atoms with Crippen LogP contribution < -0.4 is 5.73 Å². The summed E-state index contributed by atoms with van der Waals surface area (Å²) in [7, 11) is 0. The Kier molecular flexibility index (Phi) is 2.68. The normalized spacial score (nSPS) is 20.3. The zero-order chi connectivity index (χ0) is 11.7. The molecule has 0 aliphatic carbocycles. The third-order valence-corrected chi connectivity index (χ3v) is 2.53. The van der Waals surface area contributed by atoms with Gasteiger partial charge in [0.05, 0.1) is 5.71 Å². The largest absolute Gasteiger partial charge is 0.385 e. The lowest BCUT2D eigenvalue weighted by molar-refractivity contribution is 0.596. The van der Waals surface area contributed by atoms with Crippen LogP contribution in [0.25, 0.3) is 0 Å². The molecule has 1 aliphatic heterocycles. The minimum Gasteiger partial charge on any atom is -0.385 e. The van der Waals surface area contributed by atoms with Crippen molar-refractivity contribution in [1.82, 2.24) is 0 Å². The average molecular weight is 223 g/mol. The molecule has 1 aromatic rings. The van der Waals surface area contributed by atoms with Crippen molar-refractivity contribution in [2.75, 3.05) is 0 Å². The standard InChI is InChI=1S/C11H11F2N3/c1-6-4-10(15-16-11(6)14)8-5-7(12)2-3-9(8)13/h2-3,5-6H,4H2,1H3,(H2,14,16). The SMILES string of the molecule is CC1CC(c2cc(F)ccc2F)=NN=C1N. The van der Waals surface area contributed by atoms with Crippen LogP contribution in [0.15, 0.2) is 28.4 Å². The number of nitrogens with zero attached hydrogens (tertiary/aromatic N) is 2. The number of halogens is 2. The first kappa shape index (κ1) is 10.7. The van der Waals surface area contributed by atoms with Gasteiger partial charge in [0.15, 0.2) is 0 Å². The van der Waals surface area contributed by atoms with Crippen LogP contribution >= 0.6 is 0 Å². The first-order valence-electron chi connectivity index (χ1n) is 4.93. The molecule has 0 radical (unpaired) electrons. The van der Waals surface area contributed by atoms with Crippen molar-refractivity contribution in [3.05, 3.63) is 35.4 Å². The van der Waals surface area contributed by atoms with Gasteiger partial charge < -0.3 is 5.73 Å². The van der Waals surface area contributed by atoms with Crippen molar-refractivity contribution in [1.29, 1.82) is 0 Å². The molecule has 1 unspecified atom stereocenters. The van der Waals surface area contributed by atoms with Crippen LogP contribution in [0.5, 0.6) is 0 Å². The van der Waals surface area contributed by atoms with Crippen molar-refractivity contribution in [3.8, 4) is 0 Å². The first-order chi connectivity index (χ1) is 7.58. The highest BCUT2D eigenvalue weighted by Gasteiger charge is 2.19. The lowest BCUT2D eigenvalue weighted by Crippen LogP contribution is -2.27. The van der Waals surface area contributed by atoms with Gasteiger partial charge in [0.1, 0.15) is 17.5 Å². The summed E-state index contributed by atoms with van der Waals surface area (Å²) < 4.78 is 26.4. The van der Waals surface area contributed by atoms with Crippen molar-refractivity contribution in [2.45, 2.75) is 13.3 Å². The van der Waals surface area contributed by atoms with E-state index in [1.807, 2.05) is 6.92 Å². The molecule has 3 nitrogen and oxygen atoms in total. The summed E-state index contributed by atoms with van der Waals surface area (Å²) in [5, 5.41) is 7.54. The van der Waals surface area contributed by atoms with Crippen molar-refractivity contribution in [3.63, 3.8) is 0 Å². The predicted octanol–water partition coefficient (Wildman–Crippen LogP) is 2.07. The molecule has 0 bridgehead atoms. The molecule has 16 heavy (non-hydrogen) atoms. The number of rotatable bonds is 1. The molecule has 84 valence electrons. The zero-order valence-electron chi connectivity index (χ0n) is 8.74. The van der Waals surface area contributed by atoms with Crippen LogP contribution in [-0.2, 0) is 0 Å². The van der Waals surface area contributed by atoms with Crippen molar-refractivity contribution < 1.29 is 8.78 Å². The second-order valence-corrected chi connectivity index (χ2v) is 3.80. The Morgan fingerprint density at radius 2 is 2.06 bits per heavy atom. The highest BCUT2D eigenvalue weighted by molar-refractivity contribution is 6.04. The molecule has 1 atom stereocenters. The lowest BCUT2D eigenvalue weighted by Gasteiger charge is -2.16. The van der Waals surface area contributed by atoms with E-state index >= 15 is 0 Å². The van der Waals surface area contributed by atoms with Gasteiger partial charge in [-0.2, -0.15) is 5.10 Å². The topological polar surface area (TPSA) is 50.7 Å².